The van der Waals surface area contributed by atoms with Crippen LogP contribution in [-0.4, -0.2) is 40.1 Å². The minimum Gasteiger partial charge on any atom is -0.366 e. The summed E-state index contributed by atoms with van der Waals surface area (Å²) in [4.78, 5) is 17.7. The van der Waals surface area contributed by atoms with Crippen molar-refractivity contribution in [1.29, 1.82) is 0 Å². The monoisotopic (exact) mass is 266 g/mol. The summed E-state index contributed by atoms with van der Waals surface area (Å²) in [6, 6.07) is 1.41. The van der Waals surface area contributed by atoms with Crippen molar-refractivity contribution >= 4 is 5.91 Å². The summed E-state index contributed by atoms with van der Waals surface area (Å²) >= 11 is 0. The molecule has 0 bridgehead atoms. The van der Waals surface area contributed by atoms with Crippen LogP contribution < -0.4 is 0 Å². The van der Waals surface area contributed by atoms with Crippen LogP contribution in [0.5, 0.6) is 0 Å². The topological polar surface area (TPSA) is 42.4 Å². The van der Waals surface area contributed by atoms with E-state index in [9.17, 15) is 9.18 Å². The molecule has 0 spiro atoms. The number of carbonyl (C=O) groups is 1. The van der Waals surface area contributed by atoms with Crippen molar-refractivity contribution in [2.45, 2.75) is 38.9 Å². The maximum absolute atomic E-state index is 13.6. The van der Waals surface area contributed by atoms with Gasteiger partial charge >= 0.3 is 0 Å². The number of carbonyl (C=O) groups excluding carboxylic acids is 1. The second-order valence-electron chi connectivity index (χ2n) is 6.14. The Morgan fingerprint density at radius 2 is 1.89 bits per heavy atom. The van der Waals surface area contributed by atoms with Crippen molar-refractivity contribution < 1.29 is 13.9 Å². The number of ether oxygens (including phenoxy) is 1. The Hall–Kier alpha value is -1.49. The van der Waals surface area contributed by atoms with Crippen molar-refractivity contribution in [2.24, 2.45) is 0 Å². The number of hydrogen-bond donors (Lipinski definition) is 0. The minimum absolute atomic E-state index is 0.0588. The first-order chi connectivity index (χ1) is 8.70. The third-order valence-corrected chi connectivity index (χ3v) is 2.99. The van der Waals surface area contributed by atoms with Crippen molar-refractivity contribution in [1.82, 2.24) is 9.88 Å². The van der Waals surface area contributed by atoms with E-state index in [0.717, 1.165) is 6.20 Å². The molecule has 1 amide bonds. The Morgan fingerprint density at radius 1 is 1.32 bits per heavy atom. The molecule has 0 unspecified atom stereocenters. The molecule has 2 rings (SSSR count). The van der Waals surface area contributed by atoms with Gasteiger partial charge in [-0.2, -0.15) is 0 Å². The van der Waals surface area contributed by atoms with E-state index in [1.807, 2.05) is 27.7 Å². The molecule has 0 radical (unpaired) electrons. The zero-order valence-electron chi connectivity index (χ0n) is 11.7. The molecular formula is C14H19FN2O2. The predicted molar refractivity (Wildman–Crippen MR) is 69.3 cm³/mol. The van der Waals surface area contributed by atoms with E-state index in [-0.39, 0.29) is 11.5 Å². The third-order valence-electron chi connectivity index (χ3n) is 2.99. The molecule has 2 heterocycles. The summed E-state index contributed by atoms with van der Waals surface area (Å²) in [6.45, 7) is 8.59. The molecule has 0 N–H and O–H groups in total. The fourth-order valence-corrected chi connectivity index (χ4v) is 2.65. The Labute approximate surface area is 112 Å². The number of pyridine rings is 1. The standard InChI is InChI=1S/C14H19FN2O2/c1-13(2)8-17(9-14(3,4)19-13)12(18)10-5-6-16-7-11(10)15/h5-7H,8-9H2,1-4H3. The van der Waals surface area contributed by atoms with E-state index in [1.165, 1.54) is 12.3 Å². The summed E-state index contributed by atoms with van der Waals surface area (Å²) in [6.07, 6.45) is 2.48. The molecule has 4 nitrogen and oxygen atoms in total. The van der Waals surface area contributed by atoms with Gasteiger partial charge in [0.05, 0.1) is 23.0 Å². The Bertz CT molecular complexity index is 484. The van der Waals surface area contributed by atoms with Crippen LogP contribution in [0.2, 0.25) is 0 Å². The highest BCUT2D eigenvalue weighted by Gasteiger charge is 2.40. The lowest BCUT2D eigenvalue weighted by Gasteiger charge is -2.47. The second-order valence-corrected chi connectivity index (χ2v) is 6.14. The van der Waals surface area contributed by atoms with Gasteiger partial charge in [0, 0.05) is 19.3 Å². The van der Waals surface area contributed by atoms with Crippen LogP contribution in [-0.2, 0) is 4.74 Å². The molecule has 1 aromatic heterocycles. The van der Waals surface area contributed by atoms with Crippen molar-refractivity contribution in [3.05, 3.63) is 29.8 Å². The van der Waals surface area contributed by atoms with Crippen molar-refractivity contribution in [2.75, 3.05) is 13.1 Å². The summed E-state index contributed by atoms with van der Waals surface area (Å²) in [7, 11) is 0. The molecule has 1 aliphatic rings. The molecule has 0 atom stereocenters. The van der Waals surface area contributed by atoms with Gasteiger partial charge in [0.2, 0.25) is 0 Å². The molecule has 1 aromatic rings. The van der Waals surface area contributed by atoms with Crippen LogP contribution in [0.1, 0.15) is 38.1 Å². The minimum atomic E-state index is -0.588. The van der Waals surface area contributed by atoms with Crippen LogP contribution in [0.25, 0.3) is 0 Å². The predicted octanol–water partition coefficient (Wildman–Crippen LogP) is 2.25. The zero-order chi connectivity index (χ0) is 14.3. The highest BCUT2D eigenvalue weighted by atomic mass is 19.1. The molecule has 5 heteroatoms. The van der Waals surface area contributed by atoms with Crippen LogP contribution in [0.4, 0.5) is 4.39 Å². The first-order valence-electron chi connectivity index (χ1n) is 6.29. The van der Waals surface area contributed by atoms with E-state index in [1.54, 1.807) is 4.90 Å². The number of morpholine rings is 1. The van der Waals surface area contributed by atoms with Crippen LogP contribution in [0, 0.1) is 5.82 Å². The van der Waals surface area contributed by atoms with E-state index in [0.29, 0.717) is 13.1 Å². The van der Waals surface area contributed by atoms with Crippen molar-refractivity contribution in [3.63, 3.8) is 0 Å². The zero-order valence-corrected chi connectivity index (χ0v) is 11.7. The molecule has 1 fully saturated rings. The van der Waals surface area contributed by atoms with E-state index in [4.69, 9.17) is 4.74 Å². The maximum atomic E-state index is 13.6. The second kappa shape index (κ2) is 4.56. The van der Waals surface area contributed by atoms with Gasteiger partial charge in [-0.1, -0.05) is 0 Å². The van der Waals surface area contributed by atoms with Crippen LogP contribution >= 0.6 is 0 Å². The lowest BCUT2D eigenvalue weighted by atomic mass is 9.98. The quantitative estimate of drug-likeness (QED) is 0.783. The maximum Gasteiger partial charge on any atom is 0.257 e. The van der Waals surface area contributed by atoms with Crippen LogP contribution in [0.3, 0.4) is 0 Å². The van der Waals surface area contributed by atoms with Gasteiger partial charge in [0.1, 0.15) is 0 Å². The fourth-order valence-electron chi connectivity index (χ4n) is 2.65. The Kier molecular flexibility index (Phi) is 3.34. The first kappa shape index (κ1) is 13.9. The summed E-state index contributed by atoms with van der Waals surface area (Å²) < 4.78 is 19.5. The number of rotatable bonds is 1. The average Bonchev–Trinajstić information content (AvgIpc) is 2.24. The van der Waals surface area contributed by atoms with Crippen molar-refractivity contribution in [3.8, 4) is 0 Å². The molecule has 1 saturated heterocycles. The van der Waals surface area contributed by atoms with Gasteiger partial charge in [-0.3, -0.25) is 9.78 Å². The van der Waals surface area contributed by atoms with Gasteiger partial charge in [-0.05, 0) is 33.8 Å². The van der Waals surface area contributed by atoms with Crippen LogP contribution in [0.15, 0.2) is 18.5 Å². The molecule has 0 saturated carbocycles. The summed E-state index contributed by atoms with van der Waals surface area (Å²) in [5.41, 5.74) is -0.828. The van der Waals surface area contributed by atoms with Gasteiger partial charge in [0.15, 0.2) is 5.82 Å². The molecule has 0 aliphatic carbocycles. The van der Waals surface area contributed by atoms with E-state index in [2.05, 4.69) is 4.98 Å². The SMILES string of the molecule is CC1(C)CN(C(=O)c2ccncc2F)CC(C)(C)O1. The normalized spacial score (nSPS) is 21.2. The smallest absolute Gasteiger partial charge is 0.257 e. The summed E-state index contributed by atoms with van der Waals surface area (Å²) in [5.74, 6) is -0.904. The van der Waals surface area contributed by atoms with E-state index >= 15 is 0 Å². The molecule has 1 aliphatic heterocycles. The number of aromatic nitrogens is 1. The fraction of sp³-hybridized carbons (Fsp3) is 0.571. The number of hydrogen-bond acceptors (Lipinski definition) is 3. The van der Waals surface area contributed by atoms with Gasteiger partial charge in [-0.25, -0.2) is 4.39 Å². The molecule has 0 aromatic carbocycles. The Balaban J connectivity index is 2.27. The molecule has 104 valence electrons. The summed E-state index contributed by atoms with van der Waals surface area (Å²) in [5, 5.41) is 0. The highest BCUT2D eigenvalue weighted by molar-refractivity contribution is 5.94. The van der Waals surface area contributed by atoms with Gasteiger partial charge in [0.25, 0.3) is 5.91 Å². The van der Waals surface area contributed by atoms with Gasteiger partial charge in [-0.15, -0.1) is 0 Å². The van der Waals surface area contributed by atoms with E-state index < -0.39 is 17.0 Å². The third kappa shape index (κ3) is 3.10. The Morgan fingerprint density at radius 3 is 2.42 bits per heavy atom. The number of nitrogens with zero attached hydrogens (tertiary/aromatic N) is 2. The number of halogens is 1. The largest absolute Gasteiger partial charge is 0.366 e. The first-order valence-corrected chi connectivity index (χ1v) is 6.29. The average molecular weight is 266 g/mol. The highest BCUT2D eigenvalue weighted by Crippen LogP contribution is 2.29. The lowest BCUT2D eigenvalue weighted by molar-refractivity contribution is -0.171. The lowest BCUT2D eigenvalue weighted by Crippen LogP contribution is -2.58. The molecule has 19 heavy (non-hydrogen) atoms. The number of amides is 1. The van der Waals surface area contributed by atoms with Gasteiger partial charge < -0.3 is 9.64 Å². The molecular weight excluding hydrogens is 247 g/mol.